The molecule has 2 heterocycles. The molecule has 1 atom stereocenters. The summed E-state index contributed by atoms with van der Waals surface area (Å²) in [5, 5.41) is 5.53. The largest absolute Gasteiger partial charge is 0.457 e. The van der Waals surface area contributed by atoms with E-state index in [-0.39, 0.29) is 11.7 Å². The van der Waals surface area contributed by atoms with E-state index in [1.807, 2.05) is 6.92 Å². The first-order valence-electron chi connectivity index (χ1n) is 10.6. The number of carbonyl (C=O) groups excluding carboxylic acids is 1. The minimum absolute atomic E-state index is 0.172. The molecule has 4 rings (SSSR count). The summed E-state index contributed by atoms with van der Waals surface area (Å²) in [4.78, 5) is 20.9. The van der Waals surface area contributed by atoms with Crippen LogP contribution in [0.15, 0.2) is 71.9 Å². The third-order valence-electron chi connectivity index (χ3n) is 4.94. The number of ether oxygens (including phenoxy) is 1. The molecular formula is C25H20F4N4O2. The molecule has 0 saturated heterocycles. The van der Waals surface area contributed by atoms with E-state index in [9.17, 15) is 22.4 Å². The Morgan fingerprint density at radius 2 is 1.94 bits per heavy atom. The van der Waals surface area contributed by atoms with Gasteiger partial charge in [-0.1, -0.05) is 12.1 Å². The number of alkyl halides is 3. The van der Waals surface area contributed by atoms with Gasteiger partial charge >= 0.3 is 6.18 Å². The smallest absolute Gasteiger partial charge is 0.419 e. The first-order chi connectivity index (χ1) is 16.7. The Kier molecular flexibility index (Phi) is 6.81. The van der Waals surface area contributed by atoms with Crippen molar-refractivity contribution in [3.05, 3.63) is 89.5 Å². The number of nitrogens with one attached hydrogen (secondary N) is 2. The van der Waals surface area contributed by atoms with Crippen molar-refractivity contribution in [2.75, 3.05) is 11.9 Å². The number of anilines is 1. The number of nitrogens with zero attached hydrogens (tertiary/aromatic N) is 2. The van der Waals surface area contributed by atoms with Crippen LogP contribution in [0.25, 0.3) is 6.08 Å². The van der Waals surface area contributed by atoms with Crippen LogP contribution in [0.5, 0.6) is 11.5 Å². The summed E-state index contributed by atoms with van der Waals surface area (Å²) < 4.78 is 57.9. The van der Waals surface area contributed by atoms with Crippen molar-refractivity contribution >= 4 is 23.5 Å². The lowest BCUT2D eigenvalue weighted by Crippen LogP contribution is -2.28. The van der Waals surface area contributed by atoms with Crippen molar-refractivity contribution in [2.24, 2.45) is 4.99 Å². The van der Waals surface area contributed by atoms with Crippen molar-refractivity contribution < 1.29 is 27.1 Å². The minimum Gasteiger partial charge on any atom is -0.457 e. The maximum Gasteiger partial charge on any atom is 0.419 e. The molecule has 2 aromatic carbocycles. The molecule has 2 N–H and O–H groups in total. The van der Waals surface area contributed by atoms with E-state index in [0.29, 0.717) is 47.3 Å². The van der Waals surface area contributed by atoms with Gasteiger partial charge in [0.2, 0.25) is 5.91 Å². The molecule has 1 amide bonds. The van der Waals surface area contributed by atoms with E-state index in [2.05, 4.69) is 20.6 Å². The summed E-state index contributed by atoms with van der Waals surface area (Å²) in [6.45, 7) is 2.70. The molecule has 1 aliphatic rings. The average molecular weight is 484 g/mol. The van der Waals surface area contributed by atoms with Crippen LogP contribution in [0.4, 0.5) is 23.2 Å². The Morgan fingerprint density at radius 3 is 2.69 bits per heavy atom. The van der Waals surface area contributed by atoms with Gasteiger partial charge in [-0.05, 0) is 55.0 Å². The molecule has 3 aromatic rings. The van der Waals surface area contributed by atoms with Gasteiger partial charge < -0.3 is 15.4 Å². The highest BCUT2D eigenvalue weighted by Gasteiger charge is 2.34. The van der Waals surface area contributed by atoms with Gasteiger partial charge in [0, 0.05) is 30.1 Å². The number of pyridine rings is 1. The highest BCUT2D eigenvalue weighted by molar-refractivity contribution is 6.02. The van der Waals surface area contributed by atoms with Gasteiger partial charge in [-0.15, -0.1) is 0 Å². The van der Waals surface area contributed by atoms with Gasteiger partial charge in [-0.2, -0.15) is 13.2 Å². The van der Waals surface area contributed by atoms with Crippen molar-refractivity contribution in [3.8, 4) is 11.5 Å². The number of amides is 1. The highest BCUT2D eigenvalue weighted by atomic mass is 19.4. The van der Waals surface area contributed by atoms with Crippen LogP contribution in [0.3, 0.4) is 0 Å². The van der Waals surface area contributed by atoms with Gasteiger partial charge in [0.05, 0.1) is 12.1 Å². The van der Waals surface area contributed by atoms with Crippen LogP contribution in [0.1, 0.15) is 23.7 Å². The zero-order valence-corrected chi connectivity index (χ0v) is 18.4. The second-order valence-corrected chi connectivity index (χ2v) is 7.80. The molecular weight excluding hydrogens is 464 g/mol. The van der Waals surface area contributed by atoms with Gasteiger partial charge in [0.1, 0.15) is 28.8 Å². The van der Waals surface area contributed by atoms with Gasteiger partial charge in [-0.3, -0.25) is 14.8 Å². The predicted octanol–water partition coefficient (Wildman–Crippen LogP) is 5.42. The Bertz CT molecular complexity index is 1300. The van der Waals surface area contributed by atoms with Gasteiger partial charge in [-0.25, -0.2) is 4.39 Å². The number of carbonyl (C=O) groups is 1. The molecule has 0 spiro atoms. The standard InChI is InChI=1S/C25H20F4N4O2/c1-15-14-31-24(32-15)22-13-19(9-10-30-22)35-18-4-2-3-16(11-18)5-8-23(34)33-17-6-7-21(26)20(12-17)25(27,28)29/h2-13,15H,14H2,1H3,(H,31,32)(H,33,34)/t15-/m0/s1. The number of hydrogen-bond acceptors (Lipinski definition) is 5. The topological polar surface area (TPSA) is 75.6 Å². The minimum atomic E-state index is -4.86. The fourth-order valence-corrected chi connectivity index (χ4v) is 3.31. The van der Waals surface area contributed by atoms with Crippen LogP contribution in [-0.4, -0.2) is 29.3 Å². The summed E-state index contributed by atoms with van der Waals surface area (Å²) in [7, 11) is 0. The van der Waals surface area contributed by atoms with Crippen molar-refractivity contribution in [1.29, 1.82) is 0 Å². The first kappa shape index (κ1) is 23.9. The lowest BCUT2D eigenvalue weighted by molar-refractivity contribution is -0.140. The van der Waals surface area contributed by atoms with Crippen LogP contribution in [0, 0.1) is 5.82 Å². The van der Waals surface area contributed by atoms with E-state index >= 15 is 0 Å². The van der Waals surface area contributed by atoms with Crippen molar-refractivity contribution in [1.82, 2.24) is 10.3 Å². The molecule has 35 heavy (non-hydrogen) atoms. The Morgan fingerprint density at radius 1 is 1.14 bits per heavy atom. The normalized spacial score (nSPS) is 15.6. The molecule has 0 saturated carbocycles. The van der Waals surface area contributed by atoms with E-state index in [1.165, 1.54) is 6.08 Å². The van der Waals surface area contributed by atoms with Gasteiger partial charge in [0.15, 0.2) is 0 Å². The van der Waals surface area contributed by atoms with Crippen LogP contribution >= 0.6 is 0 Å². The number of aliphatic imine (C=N–C) groups is 1. The highest BCUT2D eigenvalue weighted by Crippen LogP contribution is 2.33. The Balaban J connectivity index is 1.42. The quantitative estimate of drug-likeness (QED) is 0.362. The maximum atomic E-state index is 13.4. The first-order valence-corrected chi connectivity index (χ1v) is 10.6. The Labute approximate surface area is 198 Å². The number of aromatic nitrogens is 1. The number of benzene rings is 2. The molecule has 0 bridgehead atoms. The molecule has 0 aliphatic carbocycles. The zero-order chi connectivity index (χ0) is 25.0. The molecule has 10 heteroatoms. The van der Waals surface area contributed by atoms with E-state index < -0.39 is 23.5 Å². The van der Waals surface area contributed by atoms with E-state index in [4.69, 9.17) is 4.74 Å². The lowest BCUT2D eigenvalue weighted by atomic mass is 10.1. The predicted molar refractivity (Wildman–Crippen MR) is 124 cm³/mol. The zero-order valence-electron chi connectivity index (χ0n) is 18.4. The molecule has 0 unspecified atom stereocenters. The molecule has 0 radical (unpaired) electrons. The fraction of sp³-hybridized carbons (Fsp3) is 0.160. The van der Waals surface area contributed by atoms with E-state index in [0.717, 1.165) is 12.1 Å². The lowest BCUT2D eigenvalue weighted by Gasteiger charge is -2.10. The second-order valence-electron chi connectivity index (χ2n) is 7.80. The second kappa shape index (κ2) is 9.96. The molecule has 1 aliphatic heterocycles. The fourth-order valence-electron chi connectivity index (χ4n) is 3.31. The van der Waals surface area contributed by atoms with Crippen LogP contribution in [0.2, 0.25) is 0 Å². The summed E-state index contributed by atoms with van der Waals surface area (Å²) in [6.07, 6.45) is -0.611. The Hall–Kier alpha value is -4.21. The summed E-state index contributed by atoms with van der Waals surface area (Å²) >= 11 is 0. The van der Waals surface area contributed by atoms with Crippen molar-refractivity contribution in [2.45, 2.75) is 19.1 Å². The SMILES string of the molecule is C[C@H]1CN=C(c2cc(Oc3cccc(C=CC(=O)Nc4ccc(F)c(C(F)(F)F)c4)c3)ccn2)N1. The molecule has 1 aromatic heterocycles. The summed E-state index contributed by atoms with van der Waals surface area (Å²) in [6, 6.07) is 12.9. The molecule has 6 nitrogen and oxygen atoms in total. The molecule has 0 fully saturated rings. The van der Waals surface area contributed by atoms with Crippen LogP contribution in [-0.2, 0) is 11.0 Å². The average Bonchev–Trinajstić information content (AvgIpc) is 3.25. The maximum absolute atomic E-state index is 13.4. The number of amidine groups is 1. The van der Waals surface area contributed by atoms with E-state index in [1.54, 1.807) is 42.6 Å². The number of halogens is 4. The van der Waals surface area contributed by atoms with Gasteiger partial charge in [0.25, 0.3) is 0 Å². The molecule has 180 valence electrons. The number of hydrogen-bond donors (Lipinski definition) is 2. The van der Waals surface area contributed by atoms with Crippen LogP contribution < -0.4 is 15.4 Å². The third kappa shape index (κ3) is 6.23. The monoisotopic (exact) mass is 484 g/mol. The summed E-state index contributed by atoms with van der Waals surface area (Å²) in [5.41, 5.74) is -0.338. The third-order valence-corrected chi connectivity index (χ3v) is 4.94. The number of rotatable bonds is 6. The van der Waals surface area contributed by atoms with Crippen molar-refractivity contribution in [3.63, 3.8) is 0 Å². The summed E-state index contributed by atoms with van der Waals surface area (Å²) in [5.74, 6) is -0.322.